The maximum Gasteiger partial charge on any atom is 0.342 e. The summed E-state index contributed by atoms with van der Waals surface area (Å²) in [7, 11) is 1.47. The molecule has 0 unspecified atom stereocenters. The van der Waals surface area contributed by atoms with Gasteiger partial charge in [-0.05, 0) is 38.8 Å². The van der Waals surface area contributed by atoms with Gasteiger partial charge in [0.05, 0.1) is 13.2 Å². The number of phenolic OH excluding ortho intramolecular Hbond substituents is 1. The maximum absolute atomic E-state index is 12.6. The van der Waals surface area contributed by atoms with E-state index >= 15 is 0 Å². The SMILES string of the molecule is C=CC[C@H](O)[C@@H]1OC(C)(C)O[C@H]1/C=C/C[C@H](C)OC(=O)c1c(O)cc(OC)cc1C=C. The monoisotopic (exact) mass is 432 g/mol. The second kappa shape index (κ2) is 10.6. The number of hydrogen-bond acceptors (Lipinski definition) is 7. The van der Waals surface area contributed by atoms with Crippen LogP contribution in [-0.2, 0) is 14.2 Å². The van der Waals surface area contributed by atoms with Crippen LogP contribution in [0.15, 0.2) is 43.5 Å². The lowest BCUT2D eigenvalue weighted by molar-refractivity contribution is -0.153. The number of esters is 1. The van der Waals surface area contributed by atoms with Crippen LogP contribution >= 0.6 is 0 Å². The summed E-state index contributed by atoms with van der Waals surface area (Å²) in [6.07, 6.45) is 5.36. The van der Waals surface area contributed by atoms with Crippen LogP contribution in [0.3, 0.4) is 0 Å². The van der Waals surface area contributed by atoms with Gasteiger partial charge in [-0.2, -0.15) is 0 Å². The second-order valence-corrected chi connectivity index (χ2v) is 7.85. The standard InChI is InChI=1S/C24H32O7/c1-7-10-18(25)22-20(30-24(4,5)31-22)12-9-11-15(3)29-23(27)21-16(8-2)13-17(28-6)14-19(21)26/h7-9,12-15,18,20,22,25-26H,1-2,10-11H2,3-6H3/b12-9+/t15-,18-,20-,22-/m0/s1. The molecule has 4 atom stereocenters. The minimum absolute atomic E-state index is 0.0357. The number of aromatic hydroxyl groups is 1. The van der Waals surface area contributed by atoms with Gasteiger partial charge in [0.1, 0.15) is 35.4 Å². The Bertz CT molecular complexity index is 827. The van der Waals surface area contributed by atoms with Crippen LogP contribution in [0.5, 0.6) is 11.5 Å². The number of hydrogen-bond donors (Lipinski definition) is 2. The number of aliphatic hydroxyl groups excluding tert-OH is 1. The lowest BCUT2D eigenvalue weighted by atomic mass is 10.0. The Kier molecular flexibility index (Phi) is 8.44. The van der Waals surface area contributed by atoms with E-state index in [9.17, 15) is 15.0 Å². The molecule has 1 aromatic carbocycles. The van der Waals surface area contributed by atoms with Crippen molar-refractivity contribution in [1.82, 2.24) is 0 Å². The van der Waals surface area contributed by atoms with Crippen molar-refractivity contribution in [3.8, 4) is 11.5 Å². The van der Waals surface area contributed by atoms with Crippen LogP contribution < -0.4 is 4.74 Å². The number of carbonyl (C=O) groups excluding carboxylic acids is 1. The van der Waals surface area contributed by atoms with Crippen LogP contribution in [-0.4, -0.2) is 53.5 Å². The Balaban J connectivity index is 2.02. The summed E-state index contributed by atoms with van der Waals surface area (Å²) in [4.78, 5) is 12.6. The van der Waals surface area contributed by atoms with Crippen molar-refractivity contribution in [1.29, 1.82) is 0 Å². The largest absolute Gasteiger partial charge is 0.507 e. The highest BCUT2D eigenvalue weighted by atomic mass is 16.8. The van der Waals surface area contributed by atoms with Crippen molar-refractivity contribution >= 4 is 12.0 Å². The van der Waals surface area contributed by atoms with Crippen molar-refractivity contribution in [2.45, 2.75) is 63.8 Å². The van der Waals surface area contributed by atoms with E-state index < -0.39 is 36.2 Å². The molecule has 1 heterocycles. The van der Waals surface area contributed by atoms with Gasteiger partial charge in [-0.25, -0.2) is 4.79 Å². The normalized spacial score (nSPS) is 22.1. The van der Waals surface area contributed by atoms with Crippen molar-refractivity contribution in [2.75, 3.05) is 7.11 Å². The predicted molar refractivity (Wildman–Crippen MR) is 118 cm³/mol. The van der Waals surface area contributed by atoms with E-state index in [-0.39, 0.29) is 11.3 Å². The van der Waals surface area contributed by atoms with Crippen LogP contribution in [0.25, 0.3) is 6.08 Å². The first-order valence-corrected chi connectivity index (χ1v) is 10.2. The van der Waals surface area contributed by atoms with Gasteiger partial charge in [0, 0.05) is 12.5 Å². The number of phenols is 1. The number of benzene rings is 1. The number of carbonyl (C=O) groups is 1. The molecular formula is C24H32O7. The van der Waals surface area contributed by atoms with Crippen molar-refractivity contribution in [3.63, 3.8) is 0 Å². The molecule has 1 aliphatic heterocycles. The molecule has 1 aromatic rings. The van der Waals surface area contributed by atoms with Crippen molar-refractivity contribution in [2.24, 2.45) is 0 Å². The zero-order valence-electron chi connectivity index (χ0n) is 18.5. The van der Waals surface area contributed by atoms with Gasteiger partial charge in [0.2, 0.25) is 0 Å². The van der Waals surface area contributed by atoms with Crippen LogP contribution in [0.2, 0.25) is 0 Å². The van der Waals surface area contributed by atoms with Gasteiger partial charge in [-0.1, -0.05) is 30.9 Å². The first-order valence-electron chi connectivity index (χ1n) is 10.2. The zero-order chi connectivity index (χ0) is 23.2. The highest BCUT2D eigenvalue weighted by molar-refractivity contribution is 5.97. The van der Waals surface area contributed by atoms with E-state index in [1.54, 1.807) is 39.0 Å². The van der Waals surface area contributed by atoms with Gasteiger partial charge in [-0.15, -0.1) is 6.58 Å². The Labute approximate surface area is 183 Å². The predicted octanol–water partition coefficient (Wildman–Crippen LogP) is 3.99. The molecule has 0 bridgehead atoms. The summed E-state index contributed by atoms with van der Waals surface area (Å²) >= 11 is 0. The average Bonchev–Trinajstić information content (AvgIpc) is 3.01. The fourth-order valence-electron chi connectivity index (χ4n) is 3.39. The van der Waals surface area contributed by atoms with Gasteiger partial charge in [-0.3, -0.25) is 0 Å². The number of methoxy groups -OCH3 is 1. The minimum Gasteiger partial charge on any atom is -0.507 e. The van der Waals surface area contributed by atoms with E-state index in [0.717, 1.165) is 0 Å². The second-order valence-electron chi connectivity index (χ2n) is 7.85. The molecule has 2 N–H and O–H groups in total. The molecule has 0 spiro atoms. The third-order valence-electron chi connectivity index (χ3n) is 4.83. The number of rotatable bonds is 10. The molecule has 7 nitrogen and oxygen atoms in total. The zero-order valence-corrected chi connectivity index (χ0v) is 18.5. The third kappa shape index (κ3) is 6.43. The number of ether oxygens (including phenoxy) is 4. The smallest absolute Gasteiger partial charge is 0.342 e. The summed E-state index contributed by atoms with van der Waals surface area (Å²) < 4.78 is 22.2. The summed E-state index contributed by atoms with van der Waals surface area (Å²) in [5.74, 6) is -1.29. The Morgan fingerprint density at radius 3 is 2.61 bits per heavy atom. The van der Waals surface area contributed by atoms with E-state index in [0.29, 0.717) is 24.2 Å². The third-order valence-corrected chi connectivity index (χ3v) is 4.83. The molecule has 0 aliphatic carbocycles. The fourth-order valence-corrected chi connectivity index (χ4v) is 3.39. The first-order chi connectivity index (χ1) is 14.6. The maximum atomic E-state index is 12.6. The van der Waals surface area contributed by atoms with E-state index in [4.69, 9.17) is 18.9 Å². The molecule has 0 amide bonds. The quantitative estimate of drug-likeness (QED) is 0.426. The fraction of sp³-hybridized carbons (Fsp3) is 0.458. The van der Waals surface area contributed by atoms with Gasteiger partial charge < -0.3 is 29.2 Å². The molecule has 1 aliphatic rings. The Morgan fingerprint density at radius 1 is 1.29 bits per heavy atom. The lowest BCUT2D eigenvalue weighted by Crippen LogP contribution is -2.34. The minimum atomic E-state index is -0.813. The lowest BCUT2D eigenvalue weighted by Gasteiger charge is -2.20. The van der Waals surface area contributed by atoms with Crippen molar-refractivity contribution < 1.29 is 34.0 Å². The average molecular weight is 433 g/mol. The molecule has 31 heavy (non-hydrogen) atoms. The molecule has 0 aromatic heterocycles. The first kappa shape index (κ1) is 24.7. The molecule has 0 radical (unpaired) electrons. The molecule has 2 rings (SSSR count). The molecule has 1 saturated heterocycles. The Morgan fingerprint density at radius 2 is 2.00 bits per heavy atom. The van der Waals surface area contributed by atoms with Gasteiger partial charge in [0.25, 0.3) is 0 Å². The molecule has 1 fully saturated rings. The topological polar surface area (TPSA) is 94.5 Å². The Hall–Kier alpha value is -2.61. The molecular weight excluding hydrogens is 400 g/mol. The summed E-state index contributed by atoms with van der Waals surface area (Å²) in [6.45, 7) is 12.6. The van der Waals surface area contributed by atoms with E-state index in [1.165, 1.54) is 19.3 Å². The van der Waals surface area contributed by atoms with Gasteiger partial charge >= 0.3 is 5.97 Å². The van der Waals surface area contributed by atoms with Crippen LogP contribution in [0.4, 0.5) is 0 Å². The highest BCUT2D eigenvalue weighted by Gasteiger charge is 2.43. The summed E-state index contributed by atoms with van der Waals surface area (Å²) in [5, 5.41) is 20.5. The number of aliphatic hydroxyl groups is 1. The van der Waals surface area contributed by atoms with Crippen LogP contribution in [0, 0.1) is 0 Å². The summed E-state index contributed by atoms with van der Waals surface area (Å²) in [5.41, 5.74) is 0.455. The summed E-state index contributed by atoms with van der Waals surface area (Å²) in [6, 6.07) is 2.95. The highest BCUT2D eigenvalue weighted by Crippen LogP contribution is 2.32. The van der Waals surface area contributed by atoms with Crippen LogP contribution in [0.1, 0.15) is 49.5 Å². The van der Waals surface area contributed by atoms with E-state index in [2.05, 4.69) is 13.2 Å². The molecule has 0 saturated carbocycles. The molecule has 170 valence electrons. The van der Waals surface area contributed by atoms with E-state index in [1.807, 2.05) is 6.08 Å². The van der Waals surface area contributed by atoms with Gasteiger partial charge in [0.15, 0.2) is 5.79 Å². The van der Waals surface area contributed by atoms with Crippen molar-refractivity contribution in [3.05, 3.63) is 54.6 Å². The molecule has 7 heteroatoms.